The lowest BCUT2D eigenvalue weighted by Crippen LogP contribution is -2.31. The van der Waals surface area contributed by atoms with Crippen molar-refractivity contribution in [2.45, 2.75) is 58.2 Å². The van der Waals surface area contributed by atoms with Gasteiger partial charge in [0.05, 0.1) is 25.0 Å². The fraction of sp³-hybridized carbons (Fsp3) is 0.256. The fourth-order valence-corrected chi connectivity index (χ4v) is 7.02. The molecule has 9 nitrogen and oxygen atoms in total. The van der Waals surface area contributed by atoms with Gasteiger partial charge in [-0.2, -0.15) is 4.98 Å². The Kier molecular flexibility index (Phi) is 10.7. The van der Waals surface area contributed by atoms with Gasteiger partial charge in [-0.15, -0.1) is 5.10 Å². The average Bonchev–Trinajstić information content (AvgIpc) is 3.51. The SMILES string of the molecule is CCOc1cc(C2C(C(=O)Nc3ccccc3OC)=C(C)Nc3nc(SCc4ccccc4Cl)nn32)ccc1OCc1cc(C)c(C)cc1C. The summed E-state index contributed by atoms with van der Waals surface area (Å²) in [6.07, 6.45) is 0. The summed E-state index contributed by atoms with van der Waals surface area (Å²) in [6.45, 7) is 10.9. The quantitative estimate of drug-likeness (QED) is 0.124. The number of para-hydroxylation sites is 2. The van der Waals surface area contributed by atoms with E-state index in [2.05, 4.69) is 43.5 Å². The molecule has 1 aromatic heterocycles. The number of fused-ring (bicyclic) bond motifs is 1. The van der Waals surface area contributed by atoms with E-state index in [1.807, 2.05) is 68.4 Å². The third-order valence-corrected chi connectivity index (χ3v) is 9.92. The molecule has 5 aromatic rings. The minimum atomic E-state index is -0.640. The van der Waals surface area contributed by atoms with E-state index in [9.17, 15) is 4.79 Å². The number of amides is 1. The van der Waals surface area contributed by atoms with E-state index in [0.717, 1.165) is 16.7 Å². The second-order valence-corrected chi connectivity index (χ2v) is 13.4. The molecule has 0 saturated carbocycles. The number of halogens is 1. The monoisotopic (exact) mass is 709 g/mol. The minimum Gasteiger partial charge on any atom is -0.495 e. The highest BCUT2D eigenvalue weighted by atomic mass is 35.5. The van der Waals surface area contributed by atoms with Crippen LogP contribution in [-0.2, 0) is 17.2 Å². The number of anilines is 2. The smallest absolute Gasteiger partial charge is 0.255 e. The molecule has 1 aliphatic rings. The van der Waals surface area contributed by atoms with Crippen LogP contribution in [0.1, 0.15) is 53.3 Å². The summed E-state index contributed by atoms with van der Waals surface area (Å²) >= 11 is 7.90. The van der Waals surface area contributed by atoms with E-state index in [-0.39, 0.29) is 5.91 Å². The molecule has 11 heteroatoms. The van der Waals surface area contributed by atoms with E-state index >= 15 is 0 Å². The minimum absolute atomic E-state index is 0.306. The van der Waals surface area contributed by atoms with E-state index < -0.39 is 6.04 Å². The van der Waals surface area contributed by atoms with Crippen molar-refractivity contribution in [2.24, 2.45) is 0 Å². The molecule has 0 fully saturated rings. The summed E-state index contributed by atoms with van der Waals surface area (Å²) < 4.78 is 19.8. The number of carbonyl (C=O) groups excluding carboxylic acids is 1. The summed E-state index contributed by atoms with van der Waals surface area (Å²) in [6, 6.07) is 24.5. The third kappa shape index (κ3) is 7.46. The Hall–Kier alpha value is -4.93. The molecular weight excluding hydrogens is 670 g/mol. The Morgan fingerprint density at radius 3 is 2.44 bits per heavy atom. The van der Waals surface area contributed by atoms with Crippen molar-refractivity contribution in [1.82, 2.24) is 14.8 Å². The lowest BCUT2D eigenvalue weighted by Gasteiger charge is -2.29. The second-order valence-electron chi connectivity index (χ2n) is 12.1. The van der Waals surface area contributed by atoms with Crippen LogP contribution in [0.25, 0.3) is 0 Å². The second kappa shape index (κ2) is 15.3. The maximum Gasteiger partial charge on any atom is 0.255 e. The van der Waals surface area contributed by atoms with E-state index in [4.69, 9.17) is 35.9 Å². The highest BCUT2D eigenvalue weighted by molar-refractivity contribution is 7.98. The number of hydrogen-bond acceptors (Lipinski definition) is 8. The van der Waals surface area contributed by atoms with Gasteiger partial charge in [0, 0.05) is 16.5 Å². The number of methoxy groups -OCH3 is 1. The van der Waals surface area contributed by atoms with Crippen LogP contribution in [0, 0.1) is 20.8 Å². The van der Waals surface area contributed by atoms with Crippen LogP contribution in [0.15, 0.2) is 95.3 Å². The van der Waals surface area contributed by atoms with Gasteiger partial charge in [-0.1, -0.05) is 71.9 Å². The van der Waals surface area contributed by atoms with E-state index in [1.54, 1.807) is 23.9 Å². The maximum atomic E-state index is 14.2. The normalized spacial score (nSPS) is 13.8. The van der Waals surface area contributed by atoms with Gasteiger partial charge in [-0.25, -0.2) is 4.68 Å². The molecule has 0 bridgehead atoms. The maximum absolute atomic E-state index is 14.2. The zero-order chi connectivity index (χ0) is 35.4. The number of nitrogens with zero attached hydrogens (tertiary/aromatic N) is 3. The van der Waals surface area contributed by atoms with Crippen molar-refractivity contribution in [1.29, 1.82) is 0 Å². The molecule has 0 aliphatic carbocycles. The first-order valence-corrected chi connectivity index (χ1v) is 17.7. The molecule has 50 heavy (non-hydrogen) atoms. The van der Waals surface area contributed by atoms with E-state index in [1.165, 1.54) is 28.5 Å². The molecule has 4 aromatic carbocycles. The average molecular weight is 710 g/mol. The van der Waals surface area contributed by atoms with E-state index in [0.29, 0.717) is 69.3 Å². The predicted octanol–water partition coefficient (Wildman–Crippen LogP) is 9.06. The van der Waals surface area contributed by atoms with Crippen molar-refractivity contribution < 1.29 is 19.0 Å². The van der Waals surface area contributed by atoms with Crippen LogP contribution in [0.5, 0.6) is 17.2 Å². The van der Waals surface area contributed by atoms with Crippen molar-refractivity contribution in [3.63, 3.8) is 0 Å². The molecule has 6 rings (SSSR count). The highest BCUT2D eigenvalue weighted by Gasteiger charge is 2.35. The van der Waals surface area contributed by atoms with Crippen LogP contribution >= 0.6 is 23.4 Å². The number of aromatic nitrogens is 3. The molecule has 0 spiro atoms. The van der Waals surface area contributed by atoms with Crippen LogP contribution in [0.2, 0.25) is 5.02 Å². The van der Waals surface area contributed by atoms with Gasteiger partial charge in [0.1, 0.15) is 18.4 Å². The van der Waals surface area contributed by atoms with Crippen LogP contribution in [0.3, 0.4) is 0 Å². The molecule has 1 aliphatic heterocycles. The van der Waals surface area contributed by atoms with Crippen molar-refractivity contribution in [3.8, 4) is 17.2 Å². The summed E-state index contributed by atoms with van der Waals surface area (Å²) in [5.74, 6) is 2.53. The van der Waals surface area contributed by atoms with Crippen molar-refractivity contribution in [3.05, 3.63) is 129 Å². The lowest BCUT2D eigenvalue weighted by atomic mass is 9.94. The Morgan fingerprint density at radius 2 is 1.66 bits per heavy atom. The third-order valence-electron chi connectivity index (χ3n) is 8.67. The topological polar surface area (TPSA) is 99.5 Å². The lowest BCUT2D eigenvalue weighted by molar-refractivity contribution is -0.113. The van der Waals surface area contributed by atoms with Crippen molar-refractivity contribution >= 4 is 40.9 Å². The number of benzene rings is 4. The highest BCUT2D eigenvalue weighted by Crippen LogP contribution is 2.41. The number of ether oxygens (including phenoxy) is 3. The predicted molar refractivity (Wildman–Crippen MR) is 200 cm³/mol. The fourth-order valence-electron chi connectivity index (χ4n) is 5.90. The molecule has 1 unspecified atom stereocenters. The summed E-state index contributed by atoms with van der Waals surface area (Å²) in [4.78, 5) is 19.0. The number of thioether (sulfide) groups is 1. The Labute approximate surface area is 302 Å². The first-order chi connectivity index (χ1) is 24.2. The van der Waals surface area contributed by atoms with Gasteiger partial charge < -0.3 is 24.8 Å². The van der Waals surface area contributed by atoms with Gasteiger partial charge in [0.2, 0.25) is 11.1 Å². The zero-order valence-electron chi connectivity index (χ0n) is 29.0. The molecule has 0 saturated heterocycles. The number of hydrogen-bond donors (Lipinski definition) is 2. The molecule has 258 valence electrons. The molecule has 1 atom stereocenters. The Bertz CT molecular complexity index is 2080. The largest absolute Gasteiger partial charge is 0.495 e. The summed E-state index contributed by atoms with van der Waals surface area (Å²) in [5, 5.41) is 12.5. The Balaban J connectivity index is 1.37. The zero-order valence-corrected chi connectivity index (χ0v) is 30.5. The summed E-state index contributed by atoms with van der Waals surface area (Å²) in [5.41, 5.74) is 8.19. The molecule has 0 radical (unpaired) electrons. The number of aryl methyl sites for hydroxylation is 3. The Morgan fingerprint density at radius 1 is 0.900 bits per heavy atom. The molecular formula is C39H40ClN5O4S. The first-order valence-electron chi connectivity index (χ1n) is 16.4. The van der Waals surface area contributed by atoms with Gasteiger partial charge in [-0.05, 0) is 98.3 Å². The van der Waals surface area contributed by atoms with Crippen molar-refractivity contribution in [2.75, 3.05) is 24.4 Å². The molecule has 2 heterocycles. The number of nitrogens with one attached hydrogen (secondary N) is 2. The number of carbonyl (C=O) groups is 1. The van der Waals surface area contributed by atoms with Crippen LogP contribution < -0.4 is 24.8 Å². The molecule has 1 amide bonds. The number of rotatable bonds is 12. The first kappa shape index (κ1) is 34.9. The number of allylic oxidation sites excluding steroid dienone is 1. The van der Waals surface area contributed by atoms with Crippen LogP contribution in [-0.4, -0.2) is 34.4 Å². The summed E-state index contributed by atoms with van der Waals surface area (Å²) in [7, 11) is 1.57. The van der Waals surface area contributed by atoms with Gasteiger partial charge in [-0.3, -0.25) is 4.79 Å². The van der Waals surface area contributed by atoms with Gasteiger partial charge in [0.15, 0.2) is 11.5 Å². The van der Waals surface area contributed by atoms with Crippen LogP contribution in [0.4, 0.5) is 11.6 Å². The standard InChI is InChI=1S/C39H40ClN5O4S/c1-7-48-34-20-27(16-17-33(34)49-21-29-19-24(3)23(2)18-25(29)4)36-35(37(46)42-31-14-10-11-15-32(31)47-6)26(5)41-38-43-39(44-45(36)38)50-22-28-12-8-9-13-30(28)40/h8-20,36H,7,21-22H2,1-6H3,(H,42,46)(H,41,43,44). The van der Waals surface area contributed by atoms with Gasteiger partial charge in [0.25, 0.3) is 5.91 Å². The molecule has 2 N–H and O–H groups in total. The van der Waals surface area contributed by atoms with Gasteiger partial charge >= 0.3 is 0 Å².